The normalized spacial score (nSPS) is 33.7. The highest BCUT2D eigenvalue weighted by molar-refractivity contribution is 9.10. The molecule has 0 heterocycles. The molecular formula is C21H26BrFN2O2. The average Bonchev–Trinajstić information content (AvgIpc) is 2.54. The SMILES string of the molecule is CN(CC(=O)Nc1ccc(F)cc1)C(=O)CC12CC3CC(CC(Br)(C3)C1)C2. The van der Waals surface area contributed by atoms with Crippen molar-refractivity contribution in [2.75, 3.05) is 18.9 Å². The summed E-state index contributed by atoms with van der Waals surface area (Å²) in [5.41, 5.74) is 0.636. The maximum atomic E-state index is 13.0. The lowest BCUT2D eigenvalue weighted by atomic mass is 9.48. The van der Waals surface area contributed by atoms with E-state index in [0.29, 0.717) is 12.1 Å². The zero-order valence-corrected chi connectivity index (χ0v) is 17.2. The summed E-state index contributed by atoms with van der Waals surface area (Å²) in [6.07, 6.45) is 7.72. The van der Waals surface area contributed by atoms with E-state index >= 15 is 0 Å². The molecule has 0 saturated heterocycles. The summed E-state index contributed by atoms with van der Waals surface area (Å²) in [7, 11) is 1.69. The second kappa shape index (κ2) is 6.87. The number of hydrogen-bond acceptors (Lipinski definition) is 2. The van der Waals surface area contributed by atoms with Crippen molar-refractivity contribution < 1.29 is 14.0 Å². The third kappa shape index (κ3) is 4.05. The fourth-order valence-corrected chi connectivity index (χ4v) is 7.55. The van der Waals surface area contributed by atoms with E-state index in [2.05, 4.69) is 21.2 Å². The molecule has 5 rings (SSSR count). The standard InChI is InChI=1S/C21H26BrFN2O2/c1-25(12-18(26)24-17-4-2-16(23)3-5-17)19(27)11-20-7-14-6-15(8-20)10-21(22,9-14)13-20/h2-5,14-15H,6-13H2,1H3,(H,24,26). The number of nitrogens with zero attached hydrogens (tertiary/aromatic N) is 1. The Morgan fingerprint density at radius 2 is 1.81 bits per heavy atom. The van der Waals surface area contributed by atoms with Crippen molar-refractivity contribution in [2.24, 2.45) is 17.3 Å². The number of halogens is 2. The Morgan fingerprint density at radius 1 is 1.19 bits per heavy atom. The topological polar surface area (TPSA) is 49.4 Å². The number of benzene rings is 1. The van der Waals surface area contributed by atoms with Crippen LogP contribution in [0.1, 0.15) is 44.9 Å². The fraction of sp³-hybridized carbons (Fsp3) is 0.619. The van der Waals surface area contributed by atoms with Gasteiger partial charge in [-0.1, -0.05) is 15.9 Å². The van der Waals surface area contributed by atoms with Gasteiger partial charge in [-0.2, -0.15) is 0 Å². The van der Waals surface area contributed by atoms with E-state index in [9.17, 15) is 14.0 Å². The molecule has 1 aromatic carbocycles. The Hall–Kier alpha value is -1.43. The molecule has 2 unspecified atom stereocenters. The molecule has 4 saturated carbocycles. The van der Waals surface area contributed by atoms with Crippen molar-refractivity contribution in [1.29, 1.82) is 0 Å². The number of anilines is 1. The number of nitrogens with one attached hydrogen (secondary N) is 1. The minimum Gasteiger partial charge on any atom is -0.336 e. The number of carbonyl (C=O) groups is 2. The van der Waals surface area contributed by atoms with Crippen LogP contribution >= 0.6 is 15.9 Å². The molecule has 2 atom stereocenters. The first-order chi connectivity index (χ1) is 12.7. The number of likely N-dealkylation sites (N-methyl/N-ethyl adjacent to an activating group) is 1. The van der Waals surface area contributed by atoms with Crippen molar-refractivity contribution in [2.45, 2.75) is 49.3 Å². The zero-order chi connectivity index (χ0) is 19.2. The lowest BCUT2D eigenvalue weighted by Gasteiger charge is -2.60. The molecule has 1 aromatic rings. The van der Waals surface area contributed by atoms with Crippen LogP contribution in [0.25, 0.3) is 0 Å². The monoisotopic (exact) mass is 436 g/mol. The Labute approximate surface area is 168 Å². The summed E-state index contributed by atoms with van der Waals surface area (Å²) in [5, 5.41) is 2.71. The van der Waals surface area contributed by atoms with Crippen molar-refractivity contribution in [1.82, 2.24) is 4.90 Å². The van der Waals surface area contributed by atoms with Crippen molar-refractivity contribution in [3.63, 3.8) is 0 Å². The second-order valence-electron chi connectivity index (χ2n) is 9.09. The highest BCUT2D eigenvalue weighted by Gasteiger charge is 2.57. The molecule has 27 heavy (non-hydrogen) atoms. The van der Waals surface area contributed by atoms with Gasteiger partial charge in [0.1, 0.15) is 5.82 Å². The van der Waals surface area contributed by atoms with Gasteiger partial charge in [-0.05, 0) is 80.0 Å². The van der Waals surface area contributed by atoms with Crippen LogP contribution in [0.15, 0.2) is 24.3 Å². The third-order valence-electron chi connectivity index (χ3n) is 6.57. The molecule has 4 aliphatic rings. The highest BCUT2D eigenvalue weighted by Crippen LogP contribution is 2.65. The van der Waals surface area contributed by atoms with Crippen LogP contribution < -0.4 is 5.32 Å². The number of rotatable bonds is 5. The summed E-state index contributed by atoms with van der Waals surface area (Å²) in [6.45, 7) is 0.0125. The molecule has 0 radical (unpaired) electrons. The highest BCUT2D eigenvalue weighted by atomic mass is 79.9. The minimum atomic E-state index is -0.347. The van der Waals surface area contributed by atoms with Crippen LogP contribution in [0.3, 0.4) is 0 Å². The van der Waals surface area contributed by atoms with Gasteiger partial charge in [-0.25, -0.2) is 4.39 Å². The molecule has 4 nitrogen and oxygen atoms in total. The second-order valence-corrected chi connectivity index (χ2v) is 10.8. The average molecular weight is 437 g/mol. The van der Waals surface area contributed by atoms with Crippen LogP contribution in [0.2, 0.25) is 0 Å². The van der Waals surface area contributed by atoms with Gasteiger partial charge in [-0.15, -0.1) is 0 Å². The molecule has 0 spiro atoms. The predicted molar refractivity (Wildman–Crippen MR) is 106 cm³/mol. The van der Waals surface area contributed by atoms with Crippen LogP contribution in [-0.2, 0) is 9.59 Å². The smallest absolute Gasteiger partial charge is 0.243 e. The summed E-state index contributed by atoms with van der Waals surface area (Å²) in [6, 6.07) is 5.63. The van der Waals surface area contributed by atoms with Crippen molar-refractivity contribution in [3.05, 3.63) is 30.1 Å². The quantitative estimate of drug-likeness (QED) is 0.697. The maximum absolute atomic E-state index is 13.0. The van der Waals surface area contributed by atoms with Gasteiger partial charge in [0.05, 0.1) is 6.54 Å². The number of amides is 2. The van der Waals surface area contributed by atoms with E-state index in [0.717, 1.165) is 31.1 Å². The van der Waals surface area contributed by atoms with Crippen molar-refractivity contribution in [3.8, 4) is 0 Å². The first kappa shape index (κ1) is 18.9. The van der Waals surface area contributed by atoms with E-state index in [1.165, 1.54) is 48.4 Å². The lowest BCUT2D eigenvalue weighted by Crippen LogP contribution is -2.54. The van der Waals surface area contributed by atoms with Gasteiger partial charge in [0, 0.05) is 23.5 Å². The lowest BCUT2D eigenvalue weighted by molar-refractivity contribution is -0.139. The molecule has 146 valence electrons. The molecule has 4 bridgehead atoms. The Morgan fingerprint density at radius 3 is 2.41 bits per heavy atom. The Kier molecular flexibility index (Phi) is 4.81. The van der Waals surface area contributed by atoms with E-state index in [-0.39, 0.29) is 33.9 Å². The molecule has 2 amide bonds. The minimum absolute atomic E-state index is 0.0125. The van der Waals surface area contributed by atoms with Crippen LogP contribution in [-0.4, -0.2) is 34.6 Å². The van der Waals surface area contributed by atoms with Gasteiger partial charge in [0.25, 0.3) is 0 Å². The molecule has 0 aliphatic heterocycles. The Balaban J connectivity index is 1.34. The van der Waals surface area contributed by atoms with Gasteiger partial charge >= 0.3 is 0 Å². The van der Waals surface area contributed by atoms with E-state index in [4.69, 9.17) is 0 Å². The van der Waals surface area contributed by atoms with E-state index in [1.54, 1.807) is 7.05 Å². The number of hydrogen-bond donors (Lipinski definition) is 1. The molecule has 6 heteroatoms. The van der Waals surface area contributed by atoms with Gasteiger partial charge < -0.3 is 10.2 Å². The number of alkyl halides is 1. The molecular weight excluding hydrogens is 411 g/mol. The van der Waals surface area contributed by atoms with E-state index < -0.39 is 0 Å². The fourth-order valence-electron chi connectivity index (χ4n) is 6.04. The van der Waals surface area contributed by atoms with Gasteiger partial charge in [-0.3, -0.25) is 9.59 Å². The van der Waals surface area contributed by atoms with E-state index in [1.807, 2.05) is 0 Å². The van der Waals surface area contributed by atoms with Gasteiger partial charge in [0.15, 0.2) is 0 Å². The molecule has 0 aromatic heterocycles. The van der Waals surface area contributed by atoms with Crippen LogP contribution in [0, 0.1) is 23.1 Å². The first-order valence-corrected chi connectivity index (χ1v) is 10.5. The molecule has 4 aliphatic carbocycles. The summed E-state index contributed by atoms with van der Waals surface area (Å²) >= 11 is 3.99. The summed E-state index contributed by atoms with van der Waals surface area (Å²) < 4.78 is 13.2. The number of carbonyl (C=O) groups excluding carboxylic acids is 2. The molecule has 1 N–H and O–H groups in total. The van der Waals surface area contributed by atoms with Crippen LogP contribution in [0.5, 0.6) is 0 Å². The molecule has 4 fully saturated rings. The zero-order valence-electron chi connectivity index (χ0n) is 15.6. The Bertz CT molecular complexity index is 737. The summed E-state index contributed by atoms with van der Waals surface area (Å²) in [5.74, 6) is 0.915. The maximum Gasteiger partial charge on any atom is 0.243 e. The largest absolute Gasteiger partial charge is 0.336 e. The first-order valence-electron chi connectivity index (χ1n) is 9.73. The van der Waals surface area contributed by atoms with Crippen molar-refractivity contribution >= 4 is 33.4 Å². The summed E-state index contributed by atoms with van der Waals surface area (Å²) in [4.78, 5) is 26.6. The van der Waals surface area contributed by atoms with Gasteiger partial charge in [0.2, 0.25) is 11.8 Å². The van der Waals surface area contributed by atoms with Crippen LogP contribution in [0.4, 0.5) is 10.1 Å². The third-order valence-corrected chi connectivity index (χ3v) is 7.50. The predicted octanol–water partition coefficient (Wildman–Crippen LogP) is 4.35.